The maximum absolute atomic E-state index is 14.5. The lowest BCUT2D eigenvalue weighted by atomic mass is 9.93. The molecule has 1 atom stereocenters. The van der Waals surface area contributed by atoms with Gasteiger partial charge in [0, 0.05) is 73.3 Å². The Labute approximate surface area is 231 Å². The van der Waals surface area contributed by atoms with Crippen LogP contribution in [-0.4, -0.2) is 48.4 Å². The van der Waals surface area contributed by atoms with E-state index in [9.17, 15) is 9.18 Å². The minimum absolute atomic E-state index is 0.0817. The van der Waals surface area contributed by atoms with Crippen molar-refractivity contribution in [3.63, 3.8) is 0 Å². The van der Waals surface area contributed by atoms with E-state index >= 15 is 0 Å². The number of nitrogen functional groups attached to an aromatic ring is 1. The Morgan fingerprint density at radius 1 is 1.20 bits per heavy atom. The Morgan fingerprint density at radius 3 is 2.75 bits per heavy atom. The number of ether oxygens (including phenoxy) is 1. The van der Waals surface area contributed by atoms with Crippen molar-refractivity contribution in [2.24, 2.45) is 13.0 Å². The number of nitrogens with two attached hydrogens (primary N) is 1. The van der Waals surface area contributed by atoms with Crippen LogP contribution in [0.2, 0.25) is 0 Å². The smallest absolute Gasteiger partial charge is 0.274 e. The summed E-state index contributed by atoms with van der Waals surface area (Å²) in [6.45, 7) is 2.59. The molecule has 2 saturated carbocycles. The van der Waals surface area contributed by atoms with Crippen molar-refractivity contribution in [3.8, 4) is 28.3 Å². The van der Waals surface area contributed by atoms with Crippen LogP contribution in [0.1, 0.15) is 65.9 Å². The average Bonchev–Trinajstić information content (AvgIpc) is 3.86. The second kappa shape index (κ2) is 9.18. The van der Waals surface area contributed by atoms with Crippen molar-refractivity contribution in [2.75, 3.05) is 12.8 Å². The summed E-state index contributed by atoms with van der Waals surface area (Å²) in [5.74, 6) is 0.724. The van der Waals surface area contributed by atoms with Crippen LogP contribution < -0.4 is 10.5 Å². The summed E-state index contributed by atoms with van der Waals surface area (Å²) in [5.41, 5.74) is 12.2. The summed E-state index contributed by atoms with van der Waals surface area (Å²) in [4.78, 5) is 20.2. The highest BCUT2D eigenvalue weighted by molar-refractivity contribution is 5.96. The number of rotatable bonds is 4. The highest BCUT2D eigenvalue weighted by Crippen LogP contribution is 2.41. The van der Waals surface area contributed by atoms with Crippen molar-refractivity contribution in [1.29, 1.82) is 0 Å². The maximum atomic E-state index is 14.5. The molecular weight excluding hydrogens is 509 g/mol. The number of anilines is 1. The van der Waals surface area contributed by atoms with E-state index in [0.717, 1.165) is 65.9 Å². The van der Waals surface area contributed by atoms with Gasteiger partial charge in [-0.05, 0) is 62.8 Å². The minimum Gasteiger partial charge on any atom is -0.482 e. The van der Waals surface area contributed by atoms with E-state index in [2.05, 4.69) is 4.98 Å². The summed E-state index contributed by atoms with van der Waals surface area (Å²) >= 11 is 0. The van der Waals surface area contributed by atoms with Crippen LogP contribution in [0.15, 0.2) is 36.7 Å². The molecule has 0 saturated heterocycles. The van der Waals surface area contributed by atoms with Gasteiger partial charge in [-0.3, -0.25) is 14.2 Å². The molecule has 2 aliphatic carbocycles. The van der Waals surface area contributed by atoms with Crippen LogP contribution >= 0.6 is 0 Å². The highest BCUT2D eigenvalue weighted by atomic mass is 19.1. The number of carbonyl (C=O) groups is 1. The van der Waals surface area contributed by atoms with Crippen LogP contribution in [0.4, 0.5) is 10.2 Å². The zero-order valence-electron chi connectivity index (χ0n) is 22.9. The number of halogens is 1. The third-order valence-corrected chi connectivity index (χ3v) is 8.23. The molecule has 1 amide bonds. The molecule has 7 rings (SSSR count). The number of aromatic nitrogens is 5. The van der Waals surface area contributed by atoms with E-state index in [-0.39, 0.29) is 23.6 Å². The molecule has 2 bridgehead atoms. The molecule has 3 aromatic heterocycles. The van der Waals surface area contributed by atoms with Gasteiger partial charge in [0.15, 0.2) is 17.3 Å². The van der Waals surface area contributed by atoms with Gasteiger partial charge in [-0.25, -0.2) is 9.37 Å². The first-order valence-electron chi connectivity index (χ1n) is 13.9. The quantitative estimate of drug-likeness (QED) is 0.400. The number of carbonyl (C=O) groups excluding carboxylic acids is 1. The fraction of sp³-hybridized carbons (Fsp3) is 0.400. The third kappa shape index (κ3) is 4.31. The van der Waals surface area contributed by atoms with Crippen LogP contribution in [0.3, 0.4) is 0 Å². The first-order chi connectivity index (χ1) is 19.3. The molecule has 4 heterocycles. The van der Waals surface area contributed by atoms with E-state index in [1.165, 1.54) is 12.1 Å². The van der Waals surface area contributed by atoms with Gasteiger partial charge in [-0.1, -0.05) is 0 Å². The molecule has 10 heteroatoms. The molecule has 40 heavy (non-hydrogen) atoms. The lowest BCUT2D eigenvalue weighted by Crippen LogP contribution is -2.30. The van der Waals surface area contributed by atoms with Crippen molar-refractivity contribution in [3.05, 3.63) is 64.9 Å². The number of hydrogen-bond donors (Lipinski definition) is 1. The van der Waals surface area contributed by atoms with Crippen LogP contribution in [0.25, 0.3) is 22.5 Å². The molecule has 0 unspecified atom stereocenters. The zero-order valence-corrected chi connectivity index (χ0v) is 22.9. The SMILES string of the molecule is C[C@H]1Oc2cc(cnc2N)-c2c(c(C(=O)N(C)C3CC3)nn2CC2CC2)Cc2cn(C)nc2-c2ccc(F)cc21. The van der Waals surface area contributed by atoms with Gasteiger partial charge in [0.05, 0.1) is 11.4 Å². The molecule has 1 aliphatic heterocycles. The van der Waals surface area contributed by atoms with Gasteiger partial charge in [0.1, 0.15) is 11.9 Å². The van der Waals surface area contributed by atoms with Crippen LogP contribution in [0.5, 0.6) is 5.75 Å². The number of hydrogen-bond acceptors (Lipinski definition) is 6. The summed E-state index contributed by atoms with van der Waals surface area (Å²) < 4.78 is 24.6. The van der Waals surface area contributed by atoms with Crippen molar-refractivity contribution in [2.45, 2.75) is 57.7 Å². The van der Waals surface area contributed by atoms with Gasteiger partial charge in [0.2, 0.25) is 0 Å². The third-order valence-electron chi connectivity index (χ3n) is 8.23. The van der Waals surface area contributed by atoms with Crippen molar-refractivity contribution < 1.29 is 13.9 Å². The molecule has 1 aromatic carbocycles. The molecule has 0 radical (unpaired) electrons. The number of fused-ring (bicyclic) bond motifs is 7. The van der Waals surface area contributed by atoms with E-state index < -0.39 is 6.10 Å². The van der Waals surface area contributed by atoms with Crippen LogP contribution in [0, 0.1) is 11.7 Å². The Kier molecular flexibility index (Phi) is 5.69. The monoisotopic (exact) mass is 541 g/mol. The summed E-state index contributed by atoms with van der Waals surface area (Å²) in [7, 11) is 3.73. The Balaban J connectivity index is 1.50. The topological polar surface area (TPSA) is 104 Å². The standard InChI is InChI=1S/C30H32FN7O2/c1-16-23-12-20(31)6-9-22(23)26-19(15-36(2)34-26)10-24-27(30(39)37(3)21-7-8-21)35-38(14-17-4-5-17)28(24)18-11-25(40-16)29(32)33-13-18/h6,9,11-13,15-17,21H,4-5,7-8,10,14H2,1-3H3,(H2,32,33)/t16-/m1/s1. The van der Waals surface area contributed by atoms with E-state index in [1.807, 2.05) is 42.9 Å². The second-order valence-electron chi connectivity index (χ2n) is 11.4. The molecule has 2 N–H and O–H groups in total. The molecule has 2 fully saturated rings. The van der Waals surface area contributed by atoms with Crippen molar-refractivity contribution >= 4 is 11.7 Å². The minimum atomic E-state index is -0.528. The Morgan fingerprint density at radius 2 is 2.00 bits per heavy atom. The second-order valence-corrected chi connectivity index (χ2v) is 11.4. The number of nitrogens with zero attached hydrogens (tertiary/aromatic N) is 6. The highest BCUT2D eigenvalue weighted by Gasteiger charge is 2.36. The van der Waals surface area contributed by atoms with E-state index in [4.69, 9.17) is 20.7 Å². The van der Waals surface area contributed by atoms with Gasteiger partial charge in [-0.15, -0.1) is 0 Å². The van der Waals surface area contributed by atoms with Crippen LogP contribution in [-0.2, 0) is 20.0 Å². The summed E-state index contributed by atoms with van der Waals surface area (Å²) in [5, 5.41) is 9.77. The number of aryl methyl sites for hydroxylation is 1. The zero-order chi connectivity index (χ0) is 27.7. The van der Waals surface area contributed by atoms with Gasteiger partial charge >= 0.3 is 0 Å². The van der Waals surface area contributed by atoms with Gasteiger partial charge < -0.3 is 15.4 Å². The first kappa shape index (κ1) is 24.8. The molecule has 206 valence electrons. The predicted molar refractivity (Wildman–Crippen MR) is 148 cm³/mol. The molecule has 3 aliphatic rings. The fourth-order valence-electron chi connectivity index (χ4n) is 5.74. The maximum Gasteiger partial charge on any atom is 0.274 e. The predicted octanol–water partition coefficient (Wildman–Crippen LogP) is 4.76. The average molecular weight is 542 g/mol. The van der Waals surface area contributed by atoms with Crippen molar-refractivity contribution in [1.82, 2.24) is 29.4 Å². The number of benzene rings is 1. The number of amides is 1. The largest absolute Gasteiger partial charge is 0.482 e. The normalized spacial score (nSPS) is 18.1. The van der Waals surface area contributed by atoms with Gasteiger partial charge in [-0.2, -0.15) is 10.2 Å². The Hall–Kier alpha value is -4.21. The molecule has 4 aromatic rings. The lowest BCUT2D eigenvalue weighted by molar-refractivity contribution is 0.0777. The molecular formula is C30H32FN7O2. The summed E-state index contributed by atoms with van der Waals surface area (Å²) in [6.07, 6.45) is 7.89. The van der Waals surface area contributed by atoms with Gasteiger partial charge in [0.25, 0.3) is 5.91 Å². The Bertz CT molecular complexity index is 1650. The lowest BCUT2D eigenvalue weighted by Gasteiger charge is -2.21. The fourth-order valence-corrected chi connectivity index (χ4v) is 5.74. The molecule has 9 nitrogen and oxygen atoms in total. The first-order valence-corrected chi connectivity index (χ1v) is 13.9. The molecule has 0 spiro atoms. The van der Waals surface area contributed by atoms with E-state index in [0.29, 0.717) is 29.3 Å². The summed E-state index contributed by atoms with van der Waals surface area (Å²) in [6, 6.07) is 6.77. The number of pyridine rings is 1. The van der Waals surface area contributed by atoms with E-state index in [1.54, 1.807) is 16.9 Å².